The average molecular weight is 298 g/mol. The fraction of sp³-hybridized carbons (Fsp3) is 0.600. The Balaban J connectivity index is 3.31. The largest absolute Gasteiger partial charge is 0.398 e. The van der Waals surface area contributed by atoms with Gasteiger partial charge in [-0.05, 0) is 56.4 Å². The predicted octanol–water partition coefficient (Wildman–Crippen LogP) is 3.13. The molecule has 0 heterocycles. The van der Waals surface area contributed by atoms with Gasteiger partial charge in [-0.3, -0.25) is 0 Å². The molecule has 0 aliphatic carbocycles. The molecule has 1 aromatic rings. The van der Waals surface area contributed by atoms with Crippen LogP contribution >= 0.6 is 0 Å². The first-order chi connectivity index (χ1) is 9.21. The van der Waals surface area contributed by atoms with E-state index in [2.05, 4.69) is 4.72 Å². The van der Waals surface area contributed by atoms with Crippen molar-refractivity contribution in [2.45, 2.75) is 64.3 Å². The van der Waals surface area contributed by atoms with Gasteiger partial charge in [-0.15, -0.1) is 0 Å². The number of hydrogen-bond donors (Lipinski definition) is 2. The Kier molecular flexibility index (Phi) is 5.21. The number of rotatable bonds is 6. The van der Waals surface area contributed by atoms with Crippen LogP contribution in [-0.4, -0.2) is 14.0 Å². The highest BCUT2D eigenvalue weighted by atomic mass is 32.2. The molecule has 0 unspecified atom stereocenters. The van der Waals surface area contributed by atoms with Gasteiger partial charge in [-0.1, -0.05) is 20.8 Å². The van der Waals surface area contributed by atoms with Crippen LogP contribution in [-0.2, 0) is 10.0 Å². The predicted molar refractivity (Wildman–Crippen MR) is 84.3 cm³/mol. The van der Waals surface area contributed by atoms with Crippen molar-refractivity contribution in [2.24, 2.45) is 0 Å². The number of nitrogens with two attached hydrogens (primary N) is 1. The zero-order valence-electron chi connectivity index (χ0n) is 13.1. The molecule has 5 heteroatoms. The summed E-state index contributed by atoms with van der Waals surface area (Å²) in [4.78, 5) is 0.287. The van der Waals surface area contributed by atoms with Crippen molar-refractivity contribution in [2.75, 3.05) is 5.73 Å². The summed E-state index contributed by atoms with van der Waals surface area (Å²) >= 11 is 0. The van der Waals surface area contributed by atoms with Crippen LogP contribution in [0.1, 0.15) is 51.2 Å². The van der Waals surface area contributed by atoms with E-state index in [1.165, 1.54) is 0 Å². The maximum Gasteiger partial charge on any atom is 0.241 e. The fourth-order valence-electron chi connectivity index (χ4n) is 2.44. The topological polar surface area (TPSA) is 72.2 Å². The van der Waals surface area contributed by atoms with Crippen LogP contribution < -0.4 is 10.5 Å². The molecule has 0 fully saturated rings. The SMILES string of the molecule is CCC(CC)(CC)NS(=O)(=O)c1cc(C)cc(N)c1C. The summed E-state index contributed by atoms with van der Waals surface area (Å²) in [6, 6.07) is 3.47. The first kappa shape index (κ1) is 17.0. The minimum Gasteiger partial charge on any atom is -0.398 e. The average Bonchev–Trinajstić information content (AvgIpc) is 2.40. The maximum atomic E-state index is 12.7. The summed E-state index contributed by atoms with van der Waals surface area (Å²) in [7, 11) is -3.56. The molecule has 0 bridgehead atoms. The van der Waals surface area contributed by atoms with E-state index in [1.807, 2.05) is 27.7 Å². The number of nitrogens with one attached hydrogen (secondary N) is 1. The van der Waals surface area contributed by atoms with Gasteiger partial charge in [0.1, 0.15) is 0 Å². The lowest BCUT2D eigenvalue weighted by molar-refractivity contribution is 0.341. The third-order valence-electron chi connectivity index (χ3n) is 4.22. The van der Waals surface area contributed by atoms with Gasteiger partial charge in [-0.25, -0.2) is 13.1 Å². The zero-order chi connectivity index (χ0) is 15.6. The lowest BCUT2D eigenvalue weighted by Gasteiger charge is -2.31. The van der Waals surface area contributed by atoms with E-state index in [0.29, 0.717) is 11.3 Å². The minimum atomic E-state index is -3.56. The molecule has 0 aliphatic rings. The van der Waals surface area contributed by atoms with Gasteiger partial charge in [0.2, 0.25) is 10.0 Å². The van der Waals surface area contributed by atoms with Gasteiger partial charge in [0.15, 0.2) is 0 Å². The Bertz CT molecular complexity index is 568. The molecule has 0 saturated carbocycles. The van der Waals surface area contributed by atoms with E-state index in [4.69, 9.17) is 5.73 Å². The van der Waals surface area contributed by atoms with E-state index >= 15 is 0 Å². The molecule has 3 N–H and O–H groups in total. The molecule has 20 heavy (non-hydrogen) atoms. The highest BCUT2D eigenvalue weighted by Crippen LogP contribution is 2.27. The fourth-order valence-corrected chi connectivity index (χ4v) is 4.41. The maximum absolute atomic E-state index is 12.7. The van der Waals surface area contributed by atoms with E-state index < -0.39 is 10.0 Å². The van der Waals surface area contributed by atoms with E-state index in [0.717, 1.165) is 24.8 Å². The molecule has 0 spiro atoms. The first-order valence-corrected chi connectivity index (χ1v) is 8.60. The van der Waals surface area contributed by atoms with Crippen molar-refractivity contribution in [1.82, 2.24) is 4.72 Å². The quantitative estimate of drug-likeness (QED) is 0.792. The highest BCUT2D eigenvalue weighted by Gasteiger charge is 2.31. The Morgan fingerprint density at radius 2 is 1.60 bits per heavy atom. The molecular weight excluding hydrogens is 272 g/mol. The monoisotopic (exact) mass is 298 g/mol. The van der Waals surface area contributed by atoms with E-state index in [-0.39, 0.29) is 10.4 Å². The van der Waals surface area contributed by atoms with Crippen LogP contribution in [0.15, 0.2) is 17.0 Å². The molecule has 0 aromatic heterocycles. The molecule has 1 rings (SSSR count). The number of aryl methyl sites for hydroxylation is 1. The molecule has 0 amide bonds. The van der Waals surface area contributed by atoms with Gasteiger partial charge >= 0.3 is 0 Å². The van der Waals surface area contributed by atoms with Crippen LogP contribution in [0.5, 0.6) is 0 Å². The zero-order valence-corrected chi connectivity index (χ0v) is 13.9. The first-order valence-electron chi connectivity index (χ1n) is 7.12. The van der Waals surface area contributed by atoms with Crippen LogP contribution in [0.4, 0.5) is 5.69 Å². The summed E-state index contributed by atoms with van der Waals surface area (Å²) in [6.07, 6.45) is 2.29. The van der Waals surface area contributed by atoms with Crippen LogP contribution in [0.3, 0.4) is 0 Å². The molecule has 0 saturated heterocycles. The number of benzene rings is 1. The minimum absolute atomic E-state index is 0.287. The number of nitrogen functional groups attached to an aromatic ring is 1. The second kappa shape index (κ2) is 6.14. The molecule has 0 atom stereocenters. The van der Waals surface area contributed by atoms with E-state index in [9.17, 15) is 8.42 Å². The van der Waals surface area contributed by atoms with Crippen LogP contribution in [0.25, 0.3) is 0 Å². The summed E-state index contributed by atoms with van der Waals surface area (Å²) in [6.45, 7) is 9.61. The number of hydrogen-bond acceptors (Lipinski definition) is 3. The normalized spacial score (nSPS) is 12.7. The molecule has 1 aromatic carbocycles. The van der Waals surface area contributed by atoms with Crippen LogP contribution in [0, 0.1) is 13.8 Å². The molecule has 114 valence electrons. The second-order valence-corrected chi connectivity index (χ2v) is 7.07. The van der Waals surface area contributed by atoms with Crippen molar-refractivity contribution in [3.63, 3.8) is 0 Å². The van der Waals surface area contributed by atoms with Crippen molar-refractivity contribution in [3.05, 3.63) is 23.3 Å². The summed E-state index contributed by atoms with van der Waals surface area (Å²) in [5.41, 5.74) is 7.48. The van der Waals surface area contributed by atoms with Gasteiger partial charge in [0.05, 0.1) is 4.90 Å². The van der Waals surface area contributed by atoms with E-state index in [1.54, 1.807) is 19.1 Å². The lowest BCUT2D eigenvalue weighted by Crippen LogP contribution is -2.47. The molecule has 4 nitrogen and oxygen atoms in total. The smallest absolute Gasteiger partial charge is 0.241 e. The standard InChI is InChI=1S/C15H26N2O2S/c1-6-15(7-2,8-3)17-20(18,19)14-10-11(4)9-13(16)12(14)5/h9-10,17H,6-8,16H2,1-5H3. The second-order valence-electron chi connectivity index (χ2n) is 5.42. The molecule has 0 aliphatic heterocycles. The Morgan fingerprint density at radius 3 is 2.05 bits per heavy atom. The summed E-state index contributed by atoms with van der Waals surface area (Å²) in [5.74, 6) is 0. The third-order valence-corrected chi connectivity index (χ3v) is 5.92. The lowest BCUT2D eigenvalue weighted by atomic mass is 9.91. The number of sulfonamides is 1. The Labute approximate surface area is 122 Å². The summed E-state index contributed by atoms with van der Waals surface area (Å²) in [5, 5.41) is 0. The van der Waals surface area contributed by atoms with Gasteiger partial charge in [0, 0.05) is 11.2 Å². The number of anilines is 1. The molecule has 0 radical (unpaired) electrons. The van der Waals surface area contributed by atoms with Crippen molar-refractivity contribution >= 4 is 15.7 Å². The summed E-state index contributed by atoms with van der Waals surface area (Å²) < 4.78 is 28.3. The van der Waals surface area contributed by atoms with Gasteiger partial charge in [0.25, 0.3) is 0 Å². The van der Waals surface area contributed by atoms with Crippen molar-refractivity contribution in [3.8, 4) is 0 Å². The van der Waals surface area contributed by atoms with Crippen molar-refractivity contribution in [1.29, 1.82) is 0 Å². The highest BCUT2D eigenvalue weighted by molar-refractivity contribution is 7.89. The van der Waals surface area contributed by atoms with Crippen molar-refractivity contribution < 1.29 is 8.42 Å². The Morgan fingerprint density at radius 1 is 1.10 bits per heavy atom. The van der Waals surface area contributed by atoms with Crippen LogP contribution in [0.2, 0.25) is 0 Å². The van der Waals surface area contributed by atoms with Gasteiger partial charge < -0.3 is 5.73 Å². The Hall–Kier alpha value is -1.07. The third kappa shape index (κ3) is 3.33. The molecular formula is C15H26N2O2S. The van der Waals surface area contributed by atoms with Gasteiger partial charge in [-0.2, -0.15) is 0 Å².